The number of pyridine rings is 1. The second kappa shape index (κ2) is 6.51. The summed E-state index contributed by atoms with van der Waals surface area (Å²) >= 11 is 6.06. The van der Waals surface area contributed by atoms with Crippen molar-refractivity contribution < 1.29 is 4.74 Å². The van der Waals surface area contributed by atoms with E-state index in [9.17, 15) is 0 Å². The second-order valence-corrected chi connectivity index (χ2v) is 6.51. The predicted molar refractivity (Wildman–Crippen MR) is 93.9 cm³/mol. The molecule has 124 valence electrons. The van der Waals surface area contributed by atoms with Crippen LogP contribution in [0, 0.1) is 0 Å². The lowest BCUT2D eigenvalue weighted by Crippen LogP contribution is -2.32. The second-order valence-electron chi connectivity index (χ2n) is 6.07. The number of aryl methyl sites for hydroxylation is 1. The summed E-state index contributed by atoms with van der Waals surface area (Å²) in [6, 6.07) is 10.1. The fourth-order valence-electron chi connectivity index (χ4n) is 3.27. The fraction of sp³-hybridized carbons (Fsp3) is 0.333. The van der Waals surface area contributed by atoms with Gasteiger partial charge in [-0.3, -0.25) is 4.98 Å². The summed E-state index contributed by atoms with van der Waals surface area (Å²) < 4.78 is 8.00. The molecule has 3 heterocycles. The molecular formula is C18H19ClN4O. The SMILES string of the molecule is Cn1c(CN[C@H]2CCO[C@@H]2c2cccnc2)nc2cc(Cl)ccc21. The molecule has 5 nitrogen and oxygen atoms in total. The number of benzene rings is 1. The van der Waals surface area contributed by atoms with Crippen molar-refractivity contribution in [2.45, 2.75) is 25.1 Å². The molecule has 0 bridgehead atoms. The van der Waals surface area contributed by atoms with E-state index in [1.54, 1.807) is 6.20 Å². The van der Waals surface area contributed by atoms with Crippen LogP contribution in [0.4, 0.5) is 0 Å². The van der Waals surface area contributed by atoms with Crippen LogP contribution in [0.25, 0.3) is 11.0 Å². The van der Waals surface area contributed by atoms with Crippen molar-refractivity contribution in [3.05, 3.63) is 59.1 Å². The Kier molecular flexibility index (Phi) is 4.22. The van der Waals surface area contributed by atoms with Gasteiger partial charge in [-0.05, 0) is 30.7 Å². The molecule has 0 amide bonds. The van der Waals surface area contributed by atoms with Crippen LogP contribution < -0.4 is 5.32 Å². The first-order valence-electron chi connectivity index (χ1n) is 8.08. The highest BCUT2D eigenvalue weighted by molar-refractivity contribution is 6.31. The van der Waals surface area contributed by atoms with E-state index in [0.717, 1.165) is 35.4 Å². The van der Waals surface area contributed by atoms with E-state index in [1.807, 2.05) is 37.5 Å². The third-order valence-electron chi connectivity index (χ3n) is 4.56. The first-order chi connectivity index (χ1) is 11.7. The van der Waals surface area contributed by atoms with Crippen molar-refractivity contribution in [2.24, 2.45) is 7.05 Å². The Morgan fingerprint density at radius 2 is 2.29 bits per heavy atom. The minimum atomic E-state index is 0.0443. The Labute approximate surface area is 145 Å². The molecule has 3 aromatic rings. The van der Waals surface area contributed by atoms with Crippen LogP contribution in [0.2, 0.25) is 5.02 Å². The minimum Gasteiger partial charge on any atom is -0.372 e. The van der Waals surface area contributed by atoms with Gasteiger partial charge in [0.25, 0.3) is 0 Å². The molecule has 0 saturated carbocycles. The summed E-state index contributed by atoms with van der Waals surface area (Å²) in [5.41, 5.74) is 3.13. The van der Waals surface area contributed by atoms with Gasteiger partial charge in [0.15, 0.2) is 0 Å². The van der Waals surface area contributed by atoms with Gasteiger partial charge >= 0.3 is 0 Å². The van der Waals surface area contributed by atoms with Crippen LogP contribution in [-0.4, -0.2) is 27.2 Å². The highest BCUT2D eigenvalue weighted by Crippen LogP contribution is 2.29. The van der Waals surface area contributed by atoms with Gasteiger partial charge in [-0.25, -0.2) is 4.98 Å². The Balaban J connectivity index is 1.51. The molecule has 1 aliphatic heterocycles. The quantitative estimate of drug-likeness (QED) is 0.790. The van der Waals surface area contributed by atoms with Gasteiger partial charge in [-0.15, -0.1) is 0 Å². The zero-order chi connectivity index (χ0) is 16.5. The predicted octanol–water partition coefficient (Wildman–Crippen LogP) is 3.24. The Morgan fingerprint density at radius 1 is 1.38 bits per heavy atom. The van der Waals surface area contributed by atoms with Gasteiger partial charge in [-0.1, -0.05) is 17.7 Å². The summed E-state index contributed by atoms with van der Waals surface area (Å²) in [6.07, 6.45) is 4.69. The van der Waals surface area contributed by atoms with E-state index >= 15 is 0 Å². The number of aromatic nitrogens is 3. The average Bonchev–Trinajstić information content (AvgIpc) is 3.18. The van der Waals surface area contributed by atoms with Gasteiger partial charge in [0.1, 0.15) is 5.82 Å². The summed E-state index contributed by atoms with van der Waals surface area (Å²) in [7, 11) is 2.03. The van der Waals surface area contributed by atoms with Crippen molar-refractivity contribution in [1.82, 2.24) is 19.9 Å². The lowest BCUT2D eigenvalue weighted by atomic mass is 10.0. The number of nitrogens with one attached hydrogen (secondary N) is 1. The Morgan fingerprint density at radius 3 is 3.12 bits per heavy atom. The zero-order valence-corrected chi connectivity index (χ0v) is 14.2. The van der Waals surface area contributed by atoms with Crippen molar-refractivity contribution >= 4 is 22.6 Å². The van der Waals surface area contributed by atoms with Crippen molar-refractivity contribution in [2.75, 3.05) is 6.61 Å². The lowest BCUT2D eigenvalue weighted by molar-refractivity contribution is 0.0980. The Bertz CT molecular complexity index is 849. The van der Waals surface area contributed by atoms with E-state index in [4.69, 9.17) is 21.3 Å². The van der Waals surface area contributed by atoms with Crippen LogP contribution in [0.3, 0.4) is 0 Å². The summed E-state index contributed by atoms with van der Waals surface area (Å²) in [5, 5.41) is 4.30. The average molecular weight is 343 g/mol. The number of rotatable bonds is 4. The number of fused-ring (bicyclic) bond motifs is 1. The lowest BCUT2D eigenvalue weighted by Gasteiger charge is -2.19. The summed E-state index contributed by atoms with van der Waals surface area (Å²) in [4.78, 5) is 8.89. The summed E-state index contributed by atoms with van der Waals surface area (Å²) in [5.74, 6) is 0.990. The molecule has 6 heteroatoms. The minimum absolute atomic E-state index is 0.0443. The van der Waals surface area contributed by atoms with E-state index < -0.39 is 0 Å². The molecule has 0 radical (unpaired) electrons. The van der Waals surface area contributed by atoms with E-state index in [2.05, 4.69) is 20.9 Å². The third kappa shape index (κ3) is 2.90. The van der Waals surface area contributed by atoms with Crippen LogP contribution in [0.1, 0.15) is 23.9 Å². The highest BCUT2D eigenvalue weighted by atomic mass is 35.5. The molecule has 1 N–H and O–H groups in total. The number of nitrogens with zero attached hydrogens (tertiary/aromatic N) is 3. The molecule has 1 aromatic carbocycles. The highest BCUT2D eigenvalue weighted by Gasteiger charge is 2.29. The maximum atomic E-state index is 6.06. The largest absolute Gasteiger partial charge is 0.372 e. The third-order valence-corrected chi connectivity index (χ3v) is 4.80. The number of hydrogen-bond acceptors (Lipinski definition) is 4. The van der Waals surface area contributed by atoms with Gasteiger partial charge in [0.2, 0.25) is 0 Å². The summed E-state index contributed by atoms with van der Waals surface area (Å²) in [6.45, 7) is 1.45. The fourth-order valence-corrected chi connectivity index (χ4v) is 3.44. The molecule has 0 aliphatic carbocycles. The van der Waals surface area contributed by atoms with Gasteiger partial charge < -0.3 is 14.6 Å². The van der Waals surface area contributed by atoms with Crippen LogP contribution >= 0.6 is 11.6 Å². The molecule has 1 aliphatic rings. The molecule has 1 saturated heterocycles. The van der Waals surface area contributed by atoms with Gasteiger partial charge in [-0.2, -0.15) is 0 Å². The molecule has 1 fully saturated rings. The number of ether oxygens (including phenoxy) is 1. The van der Waals surface area contributed by atoms with Crippen LogP contribution in [0.15, 0.2) is 42.7 Å². The van der Waals surface area contributed by atoms with Crippen molar-refractivity contribution in [3.8, 4) is 0 Å². The van der Waals surface area contributed by atoms with Crippen molar-refractivity contribution in [3.63, 3.8) is 0 Å². The maximum Gasteiger partial charge on any atom is 0.123 e. The standard InChI is InChI=1S/C18H19ClN4O/c1-23-16-5-4-13(19)9-15(16)22-17(23)11-21-14-6-8-24-18(14)12-3-2-7-20-10-12/h2-5,7,9-10,14,18,21H,6,8,11H2,1H3/t14-,18+/m0/s1. The number of imidazole rings is 1. The molecule has 0 spiro atoms. The number of halogens is 1. The molecule has 2 atom stereocenters. The van der Waals surface area contributed by atoms with E-state index in [1.165, 1.54) is 0 Å². The smallest absolute Gasteiger partial charge is 0.123 e. The first-order valence-corrected chi connectivity index (χ1v) is 8.46. The van der Waals surface area contributed by atoms with Crippen LogP contribution in [-0.2, 0) is 18.3 Å². The van der Waals surface area contributed by atoms with E-state index in [-0.39, 0.29) is 12.1 Å². The first kappa shape index (κ1) is 15.6. The maximum absolute atomic E-state index is 6.06. The molecule has 0 unspecified atom stereocenters. The monoisotopic (exact) mass is 342 g/mol. The van der Waals surface area contributed by atoms with E-state index in [0.29, 0.717) is 11.6 Å². The van der Waals surface area contributed by atoms with Gasteiger partial charge in [0, 0.05) is 42.7 Å². The number of hydrogen-bond donors (Lipinski definition) is 1. The molecular weight excluding hydrogens is 324 g/mol. The molecule has 2 aromatic heterocycles. The van der Waals surface area contributed by atoms with Gasteiger partial charge in [0.05, 0.1) is 23.7 Å². The zero-order valence-electron chi connectivity index (χ0n) is 13.4. The topological polar surface area (TPSA) is 52.0 Å². The van der Waals surface area contributed by atoms with Crippen molar-refractivity contribution in [1.29, 1.82) is 0 Å². The molecule has 4 rings (SSSR count). The Hall–Kier alpha value is -1.95. The molecule has 24 heavy (non-hydrogen) atoms. The van der Waals surface area contributed by atoms with Crippen LogP contribution in [0.5, 0.6) is 0 Å². The normalized spacial score (nSPS) is 20.8.